The number of rotatable bonds is 7. The van der Waals surface area contributed by atoms with Crippen LogP contribution in [0.5, 0.6) is 0 Å². The number of ketones is 1. The SMILES string of the molecule is C=C1CCCC(C)(C)[C@@H]2CC[C@@](C)([C@@H]3C=C(O[Si](C)(C)C(C)(C)C)C[C@H]3[C@@H](O[Si](C)(C)C(C)(C)C)C(C)=O)[C@H]12. The van der Waals surface area contributed by atoms with E-state index >= 15 is 0 Å². The molecule has 3 nitrogen and oxygen atoms in total. The van der Waals surface area contributed by atoms with Gasteiger partial charge >= 0.3 is 0 Å². The summed E-state index contributed by atoms with van der Waals surface area (Å²) in [6.07, 6.45) is 8.96. The summed E-state index contributed by atoms with van der Waals surface area (Å²) in [6.45, 7) is 37.0. The highest BCUT2D eigenvalue weighted by atomic mass is 28.4. The molecule has 0 aromatic heterocycles. The molecular formula is C34H62O3Si2. The zero-order valence-electron chi connectivity index (χ0n) is 28.1. The smallest absolute Gasteiger partial charge is 0.250 e. The van der Waals surface area contributed by atoms with Gasteiger partial charge in [-0.15, -0.1) is 0 Å². The lowest BCUT2D eigenvalue weighted by atomic mass is 9.59. The molecule has 0 unspecified atom stereocenters. The Hall–Kier alpha value is -0.656. The van der Waals surface area contributed by atoms with Gasteiger partial charge in [0.05, 0.1) is 5.76 Å². The van der Waals surface area contributed by atoms with Gasteiger partial charge in [-0.25, -0.2) is 0 Å². The number of allylic oxidation sites excluding steroid dienone is 3. The topological polar surface area (TPSA) is 35.5 Å². The summed E-state index contributed by atoms with van der Waals surface area (Å²) < 4.78 is 14.1. The van der Waals surface area contributed by atoms with E-state index in [0.717, 1.165) is 18.6 Å². The third-order valence-electron chi connectivity index (χ3n) is 12.1. The van der Waals surface area contributed by atoms with Crippen molar-refractivity contribution < 1.29 is 13.6 Å². The molecule has 0 spiro atoms. The first-order chi connectivity index (χ1) is 17.4. The second kappa shape index (κ2) is 10.6. The fraction of sp³-hybridized carbons (Fsp3) is 0.853. The average molecular weight is 575 g/mol. The molecule has 3 aliphatic rings. The lowest BCUT2D eigenvalue weighted by Crippen LogP contribution is -2.50. The number of carbonyl (C=O) groups excluding carboxylic acids is 1. The Morgan fingerprint density at radius 1 is 1.00 bits per heavy atom. The molecule has 2 fully saturated rings. The molecule has 39 heavy (non-hydrogen) atoms. The number of carbonyl (C=O) groups is 1. The van der Waals surface area contributed by atoms with Crippen LogP contribution in [-0.4, -0.2) is 28.5 Å². The quantitative estimate of drug-likeness (QED) is 0.224. The first kappa shape index (κ1) is 32.9. The van der Waals surface area contributed by atoms with Crippen molar-refractivity contribution in [3.63, 3.8) is 0 Å². The van der Waals surface area contributed by atoms with Crippen LogP contribution in [0, 0.1) is 34.5 Å². The third-order valence-corrected chi connectivity index (χ3v) is 20.9. The van der Waals surface area contributed by atoms with Gasteiger partial charge in [0.2, 0.25) is 8.32 Å². The van der Waals surface area contributed by atoms with Gasteiger partial charge in [-0.3, -0.25) is 4.79 Å². The molecule has 3 aliphatic carbocycles. The van der Waals surface area contributed by atoms with Crippen LogP contribution in [0.15, 0.2) is 24.0 Å². The first-order valence-electron chi connectivity index (χ1n) is 15.7. The van der Waals surface area contributed by atoms with E-state index in [1.807, 2.05) is 0 Å². The Labute approximate surface area is 244 Å². The summed E-state index contributed by atoms with van der Waals surface area (Å²) in [5.74, 6) is 2.77. The maximum atomic E-state index is 13.5. The zero-order chi connectivity index (χ0) is 30.0. The van der Waals surface area contributed by atoms with Crippen molar-refractivity contribution in [1.29, 1.82) is 0 Å². The maximum absolute atomic E-state index is 13.5. The van der Waals surface area contributed by atoms with E-state index in [2.05, 4.69) is 94.6 Å². The summed E-state index contributed by atoms with van der Waals surface area (Å²) in [7, 11) is -4.18. The molecule has 0 heterocycles. The van der Waals surface area contributed by atoms with Crippen LogP contribution in [0.25, 0.3) is 0 Å². The van der Waals surface area contributed by atoms with Gasteiger partial charge in [-0.2, -0.15) is 0 Å². The third kappa shape index (κ3) is 6.26. The molecule has 0 aromatic carbocycles. The van der Waals surface area contributed by atoms with Gasteiger partial charge in [-0.1, -0.05) is 74.5 Å². The molecule has 0 bridgehead atoms. The summed E-state index contributed by atoms with van der Waals surface area (Å²) in [4.78, 5) is 13.5. The first-order valence-corrected chi connectivity index (χ1v) is 21.5. The zero-order valence-corrected chi connectivity index (χ0v) is 30.1. The minimum Gasteiger partial charge on any atom is -0.547 e. The monoisotopic (exact) mass is 574 g/mol. The molecule has 2 saturated carbocycles. The fourth-order valence-corrected chi connectivity index (χ4v) is 10.0. The van der Waals surface area contributed by atoms with Crippen LogP contribution < -0.4 is 0 Å². The highest BCUT2D eigenvalue weighted by Gasteiger charge is 2.59. The Morgan fingerprint density at radius 2 is 1.56 bits per heavy atom. The molecular weight excluding hydrogens is 513 g/mol. The van der Waals surface area contributed by atoms with Crippen LogP contribution in [-0.2, 0) is 13.6 Å². The van der Waals surface area contributed by atoms with E-state index < -0.39 is 22.7 Å². The van der Waals surface area contributed by atoms with Crippen molar-refractivity contribution in [2.75, 3.05) is 0 Å². The van der Waals surface area contributed by atoms with Crippen molar-refractivity contribution in [2.45, 2.75) is 150 Å². The van der Waals surface area contributed by atoms with E-state index in [4.69, 9.17) is 15.4 Å². The normalized spacial score (nSPS) is 32.9. The molecule has 0 aliphatic heterocycles. The van der Waals surface area contributed by atoms with Crippen LogP contribution in [0.2, 0.25) is 36.3 Å². The van der Waals surface area contributed by atoms with Crippen molar-refractivity contribution >= 4 is 22.4 Å². The lowest BCUT2D eigenvalue weighted by molar-refractivity contribution is -0.128. The van der Waals surface area contributed by atoms with Gasteiger partial charge in [0.1, 0.15) is 6.10 Å². The number of Topliss-reactive ketones (excluding diaryl/α,β-unsaturated/α-hetero) is 1. The number of hydrogen-bond donors (Lipinski definition) is 0. The highest BCUT2D eigenvalue weighted by Crippen LogP contribution is 2.65. The Kier molecular flexibility index (Phi) is 8.90. The van der Waals surface area contributed by atoms with Gasteiger partial charge in [0.15, 0.2) is 14.1 Å². The summed E-state index contributed by atoms with van der Waals surface area (Å²) in [5.41, 5.74) is 1.82. The van der Waals surface area contributed by atoms with E-state index in [1.54, 1.807) is 6.92 Å². The van der Waals surface area contributed by atoms with Crippen LogP contribution >= 0.6 is 0 Å². The molecule has 0 amide bonds. The van der Waals surface area contributed by atoms with Crippen molar-refractivity contribution in [3.05, 3.63) is 24.0 Å². The van der Waals surface area contributed by atoms with Crippen LogP contribution in [0.1, 0.15) is 108 Å². The van der Waals surface area contributed by atoms with Gasteiger partial charge in [-0.05, 0) is 110 Å². The molecule has 5 heteroatoms. The standard InChI is InChI=1S/C34H62O3Si2/c1-23-17-16-19-33(9,10)27-18-20-34(11,29(23)27)28-22-25(36-38(12,13)31(3,4)5)21-26(28)30(24(2)35)37-39(14,15)32(6,7)8/h22,26-30H,1,16-21H2,2-15H3/t26-,27-,28-,29-,30+,34+/m1/s1. The molecule has 0 N–H and O–H groups in total. The minimum atomic E-state index is -2.16. The average Bonchev–Trinajstić information content (AvgIpc) is 3.28. The van der Waals surface area contributed by atoms with Crippen molar-refractivity contribution in [2.24, 2.45) is 34.5 Å². The van der Waals surface area contributed by atoms with Crippen LogP contribution in [0.4, 0.5) is 0 Å². The van der Waals surface area contributed by atoms with E-state index in [0.29, 0.717) is 17.3 Å². The van der Waals surface area contributed by atoms with Crippen LogP contribution in [0.3, 0.4) is 0 Å². The molecule has 3 rings (SSSR count). The largest absolute Gasteiger partial charge is 0.547 e. The van der Waals surface area contributed by atoms with Gasteiger partial charge in [0.25, 0.3) is 0 Å². The fourth-order valence-electron chi connectivity index (χ4n) is 7.58. The van der Waals surface area contributed by atoms with E-state index in [1.165, 1.54) is 31.3 Å². The minimum absolute atomic E-state index is 0.0463. The van der Waals surface area contributed by atoms with Crippen molar-refractivity contribution in [1.82, 2.24) is 0 Å². The second-order valence-electron chi connectivity index (χ2n) is 17.4. The number of hydrogen-bond acceptors (Lipinski definition) is 3. The Balaban J connectivity index is 2.11. The van der Waals surface area contributed by atoms with Gasteiger partial charge in [0, 0.05) is 12.3 Å². The Bertz CT molecular complexity index is 977. The van der Waals surface area contributed by atoms with Gasteiger partial charge < -0.3 is 8.85 Å². The van der Waals surface area contributed by atoms with E-state index in [-0.39, 0.29) is 33.1 Å². The predicted molar refractivity (Wildman–Crippen MR) is 172 cm³/mol. The lowest BCUT2D eigenvalue weighted by Gasteiger charge is -2.47. The molecule has 6 atom stereocenters. The van der Waals surface area contributed by atoms with Crippen molar-refractivity contribution in [3.8, 4) is 0 Å². The summed E-state index contributed by atoms with van der Waals surface area (Å²) in [5, 5.41) is 0.172. The highest BCUT2D eigenvalue weighted by molar-refractivity contribution is 6.74. The van der Waals surface area contributed by atoms with E-state index in [9.17, 15) is 4.79 Å². The Morgan fingerprint density at radius 3 is 2.08 bits per heavy atom. The maximum Gasteiger partial charge on any atom is 0.250 e. The summed E-state index contributed by atoms with van der Waals surface area (Å²) >= 11 is 0. The number of fused-ring (bicyclic) bond motifs is 1. The molecule has 224 valence electrons. The molecule has 0 saturated heterocycles. The second-order valence-corrected chi connectivity index (χ2v) is 26.9. The summed E-state index contributed by atoms with van der Waals surface area (Å²) in [6, 6.07) is 0. The predicted octanol–water partition coefficient (Wildman–Crippen LogP) is 10.3. The molecule has 0 radical (unpaired) electrons. The molecule has 0 aromatic rings.